The minimum absolute atomic E-state index is 0.291. The molecular formula is C14H31N3O2. The number of hydrogen-bond donors (Lipinski definition) is 3. The molecule has 0 bridgehead atoms. The summed E-state index contributed by atoms with van der Waals surface area (Å²) in [6.07, 6.45) is 3.96. The van der Waals surface area contributed by atoms with Crippen LogP contribution in [-0.2, 0) is 4.74 Å². The standard InChI is InChI=1S/C14H31N3O2/c1-5-6-8-12(16-10-7-9-15)11-17-13(18)19-14(2,3)4/h12,16H,5-11,15H2,1-4H3,(H,17,18). The van der Waals surface area contributed by atoms with Gasteiger partial charge < -0.3 is 21.1 Å². The minimum Gasteiger partial charge on any atom is -0.444 e. The van der Waals surface area contributed by atoms with E-state index in [2.05, 4.69) is 17.6 Å². The van der Waals surface area contributed by atoms with Gasteiger partial charge in [0.25, 0.3) is 0 Å². The number of nitrogens with one attached hydrogen (secondary N) is 2. The lowest BCUT2D eigenvalue weighted by Gasteiger charge is -2.22. The molecule has 0 spiro atoms. The van der Waals surface area contributed by atoms with Crippen molar-refractivity contribution in [2.45, 2.75) is 65.0 Å². The number of unbranched alkanes of at least 4 members (excludes halogenated alkanes) is 1. The van der Waals surface area contributed by atoms with E-state index in [1.807, 2.05) is 20.8 Å². The second-order valence-electron chi connectivity index (χ2n) is 5.82. The molecule has 0 saturated carbocycles. The maximum absolute atomic E-state index is 11.6. The number of rotatable bonds is 9. The molecule has 0 aliphatic carbocycles. The fourth-order valence-electron chi connectivity index (χ4n) is 1.66. The second-order valence-corrected chi connectivity index (χ2v) is 5.82. The van der Waals surface area contributed by atoms with Gasteiger partial charge in [-0.1, -0.05) is 19.8 Å². The van der Waals surface area contributed by atoms with Crippen molar-refractivity contribution in [3.63, 3.8) is 0 Å². The molecule has 0 aliphatic heterocycles. The summed E-state index contributed by atoms with van der Waals surface area (Å²) in [6.45, 7) is 9.92. The summed E-state index contributed by atoms with van der Waals surface area (Å²) in [6, 6.07) is 0.291. The van der Waals surface area contributed by atoms with Crippen molar-refractivity contribution in [3.8, 4) is 0 Å². The van der Waals surface area contributed by atoms with E-state index in [1.54, 1.807) is 0 Å². The molecule has 1 unspecified atom stereocenters. The van der Waals surface area contributed by atoms with Gasteiger partial charge in [-0.05, 0) is 46.7 Å². The molecule has 114 valence electrons. The maximum Gasteiger partial charge on any atom is 0.407 e. The van der Waals surface area contributed by atoms with Crippen LogP contribution in [0.4, 0.5) is 4.79 Å². The number of ether oxygens (including phenoxy) is 1. The van der Waals surface area contributed by atoms with Crippen LogP contribution in [-0.4, -0.2) is 37.4 Å². The van der Waals surface area contributed by atoms with Crippen LogP contribution < -0.4 is 16.4 Å². The topological polar surface area (TPSA) is 76.4 Å². The van der Waals surface area contributed by atoms with Crippen LogP contribution >= 0.6 is 0 Å². The van der Waals surface area contributed by atoms with Crippen molar-refractivity contribution >= 4 is 6.09 Å². The smallest absolute Gasteiger partial charge is 0.407 e. The van der Waals surface area contributed by atoms with Crippen LogP contribution in [0.3, 0.4) is 0 Å². The van der Waals surface area contributed by atoms with Gasteiger partial charge >= 0.3 is 6.09 Å². The van der Waals surface area contributed by atoms with E-state index in [0.29, 0.717) is 19.1 Å². The van der Waals surface area contributed by atoms with Crippen LogP contribution in [0.5, 0.6) is 0 Å². The molecule has 0 saturated heterocycles. The van der Waals surface area contributed by atoms with Gasteiger partial charge in [0.2, 0.25) is 0 Å². The summed E-state index contributed by atoms with van der Waals surface area (Å²) >= 11 is 0. The zero-order valence-corrected chi connectivity index (χ0v) is 12.9. The third-order valence-electron chi connectivity index (χ3n) is 2.61. The molecule has 19 heavy (non-hydrogen) atoms. The highest BCUT2D eigenvalue weighted by Gasteiger charge is 2.17. The Morgan fingerprint density at radius 3 is 2.53 bits per heavy atom. The predicted molar refractivity (Wildman–Crippen MR) is 79.2 cm³/mol. The van der Waals surface area contributed by atoms with Gasteiger partial charge in [-0.3, -0.25) is 0 Å². The number of alkyl carbamates (subject to hydrolysis) is 1. The van der Waals surface area contributed by atoms with E-state index in [1.165, 1.54) is 0 Å². The molecule has 1 amide bonds. The van der Waals surface area contributed by atoms with Gasteiger partial charge in [0.1, 0.15) is 5.60 Å². The number of carbonyl (C=O) groups is 1. The molecule has 5 heteroatoms. The summed E-state index contributed by atoms with van der Waals surface area (Å²) in [5, 5.41) is 6.24. The van der Waals surface area contributed by atoms with Crippen LogP contribution in [0.2, 0.25) is 0 Å². The molecular weight excluding hydrogens is 242 g/mol. The Labute approximate surface area is 117 Å². The zero-order chi connectivity index (χ0) is 14.7. The summed E-state index contributed by atoms with van der Waals surface area (Å²) in [5.41, 5.74) is 5.03. The highest BCUT2D eigenvalue weighted by atomic mass is 16.6. The zero-order valence-electron chi connectivity index (χ0n) is 12.9. The van der Waals surface area contributed by atoms with E-state index >= 15 is 0 Å². The van der Waals surface area contributed by atoms with Gasteiger partial charge in [-0.15, -0.1) is 0 Å². The van der Waals surface area contributed by atoms with Crippen LogP contribution in [0.1, 0.15) is 53.4 Å². The van der Waals surface area contributed by atoms with E-state index in [4.69, 9.17) is 10.5 Å². The molecule has 0 heterocycles. The van der Waals surface area contributed by atoms with Crippen molar-refractivity contribution in [1.82, 2.24) is 10.6 Å². The first kappa shape index (κ1) is 18.2. The van der Waals surface area contributed by atoms with Gasteiger partial charge in [0.15, 0.2) is 0 Å². The fourth-order valence-corrected chi connectivity index (χ4v) is 1.66. The lowest BCUT2D eigenvalue weighted by atomic mass is 10.1. The first-order valence-electron chi connectivity index (χ1n) is 7.29. The lowest BCUT2D eigenvalue weighted by Crippen LogP contribution is -2.43. The Kier molecular flexibility index (Phi) is 9.61. The Balaban J connectivity index is 3.98. The molecule has 5 nitrogen and oxygen atoms in total. The van der Waals surface area contributed by atoms with Crippen LogP contribution in [0.15, 0.2) is 0 Å². The van der Waals surface area contributed by atoms with Crippen molar-refractivity contribution in [1.29, 1.82) is 0 Å². The Morgan fingerprint density at radius 1 is 1.32 bits per heavy atom. The number of hydrogen-bond acceptors (Lipinski definition) is 4. The Bertz CT molecular complexity index is 239. The predicted octanol–water partition coefficient (Wildman–Crippen LogP) is 2.01. The minimum atomic E-state index is -0.448. The molecule has 0 aromatic heterocycles. The van der Waals surface area contributed by atoms with Crippen molar-refractivity contribution in [3.05, 3.63) is 0 Å². The molecule has 0 rings (SSSR count). The normalized spacial score (nSPS) is 13.1. The number of amides is 1. The highest BCUT2D eigenvalue weighted by Crippen LogP contribution is 2.06. The SMILES string of the molecule is CCCCC(CNC(=O)OC(C)(C)C)NCCCN. The number of carbonyl (C=O) groups excluding carboxylic acids is 1. The van der Waals surface area contributed by atoms with Crippen molar-refractivity contribution < 1.29 is 9.53 Å². The second kappa shape index (κ2) is 10.0. The third-order valence-corrected chi connectivity index (χ3v) is 2.61. The molecule has 0 fully saturated rings. The number of nitrogens with two attached hydrogens (primary N) is 1. The Morgan fingerprint density at radius 2 is 2.00 bits per heavy atom. The summed E-state index contributed by atoms with van der Waals surface area (Å²) in [7, 11) is 0. The average Bonchev–Trinajstić information content (AvgIpc) is 2.30. The van der Waals surface area contributed by atoms with Crippen LogP contribution in [0, 0.1) is 0 Å². The first-order chi connectivity index (χ1) is 8.89. The maximum atomic E-state index is 11.6. The molecule has 0 aromatic rings. The van der Waals surface area contributed by atoms with Gasteiger partial charge in [0.05, 0.1) is 0 Å². The summed E-state index contributed by atoms with van der Waals surface area (Å²) in [4.78, 5) is 11.6. The molecule has 4 N–H and O–H groups in total. The van der Waals surface area contributed by atoms with Crippen LogP contribution in [0.25, 0.3) is 0 Å². The molecule has 0 aromatic carbocycles. The molecule has 0 radical (unpaired) electrons. The van der Waals surface area contributed by atoms with E-state index in [0.717, 1.165) is 32.2 Å². The largest absolute Gasteiger partial charge is 0.444 e. The fraction of sp³-hybridized carbons (Fsp3) is 0.929. The molecule has 0 aliphatic rings. The van der Waals surface area contributed by atoms with Crippen molar-refractivity contribution in [2.75, 3.05) is 19.6 Å². The summed E-state index contributed by atoms with van der Waals surface area (Å²) < 4.78 is 5.22. The quantitative estimate of drug-likeness (QED) is 0.562. The van der Waals surface area contributed by atoms with Crippen molar-refractivity contribution in [2.24, 2.45) is 5.73 Å². The average molecular weight is 273 g/mol. The molecule has 1 atom stereocenters. The highest BCUT2D eigenvalue weighted by molar-refractivity contribution is 5.67. The van der Waals surface area contributed by atoms with E-state index < -0.39 is 5.60 Å². The van der Waals surface area contributed by atoms with Gasteiger partial charge in [-0.25, -0.2) is 4.79 Å². The monoisotopic (exact) mass is 273 g/mol. The first-order valence-corrected chi connectivity index (χ1v) is 7.29. The van der Waals surface area contributed by atoms with E-state index in [9.17, 15) is 4.79 Å². The lowest BCUT2D eigenvalue weighted by molar-refractivity contribution is 0.0521. The van der Waals surface area contributed by atoms with E-state index in [-0.39, 0.29) is 6.09 Å². The Hall–Kier alpha value is -0.810. The summed E-state index contributed by atoms with van der Waals surface area (Å²) in [5.74, 6) is 0. The van der Waals surface area contributed by atoms with Gasteiger partial charge in [0, 0.05) is 12.6 Å². The van der Waals surface area contributed by atoms with Gasteiger partial charge in [-0.2, -0.15) is 0 Å². The third kappa shape index (κ3) is 12.0.